The van der Waals surface area contributed by atoms with Gasteiger partial charge in [-0.3, -0.25) is 14.4 Å². The molecule has 0 bridgehead atoms. The number of Topliss-reactive ketones (excluding diaryl/α,β-unsaturated/α-hetero) is 1. The van der Waals surface area contributed by atoms with E-state index in [2.05, 4.69) is 10.6 Å². The Bertz CT molecular complexity index is 540. The van der Waals surface area contributed by atoms with Crippen molar-refractivity contribution < 1.29 is 14.4 Å². The van der Waals surface area contributed by atoms with E-state index < -0.39 is 11.3 Å². The van der Waals surface area contributed by atoms with E-state index >= 15 is 0 Å². The average Bonchev–Trinajstić information content (AvgIpc) is 2.43. The zero-order chi connectivity index (χ0) is 13.3. The summed E-state index contributed by atoms with van der Waals surface area (Å²) in [6.07, 6.45) is -0.232. The second-order valence-corrected chi connectivity index (χ2v) is 4.67. The van der Waals surface area contributed by atoms with Crippen molar-refractivity contribution in [1.29, 1.82) is 0 Å². The Balaban J connectivity index is 2.40. The fourth-order valence-electron chi connectivity index (χ4n) is 1.67. The van der Waals surface area contributed by atoms with Gasteiger partial charge in [-0.15, -0.1) is 11.6 Å². The minimum absolute atomic E-state index is 0.232. The quantitative estimate of drug-likeness (QED) is 0.487. The van der Waals surface area contributed by atoms with Crippen LogP contribution in [0.25, 0.3) is 0 Å². The predicted octanol–water partition coefficient (Wildman–Crippen LogP) is 1.78. The molecule has 1 unspecified atom stereocenters. The molecule has 1 atom stereocenters. The van der Waals surface area contributed by atoms with Gasteiger partial charge in [0, 0.05) is 5.56 Å². The van der Waals surface area contributed by atoms with Crippen molar-refractivity contribution in [2.75, 3.05) is 10.6 Å². The van der Waals surface area contributed by atoms with Crippen molar-refractivity contribution in [3.63, 3.8) is 0 Å². The summed E-state index contributed by atoms with van der Waals surface area (Å²) >= 11 is 5.72. The maximum absolute atomic E-state index is 11.7. The van der Waals surface area contributed by atoms with Crippen molar-refractivity contribution in [1.82, 2.24) is 0 Å². The molecule has 1 aromatic carbocycles. The number of carbonyl (C=O) groups is 3. The molecule has 6 heteroatoms. The summed E-state index contributed by atoms with van der Waals surface area (Å²) in [7, 11) is 0. The van der Waals surface area contributed by atoms with E-state index in [4.69, 9.17) is 11.6 Å². The molecule has 2 N–H and O–H groups in total. The highest BCUT2D eigenvalue weighted by atomic mass is 35.5. The number of hydrogen-bond donors (Lipinski definition) is 2. The first-order valence-electron chi connectivity index (χ1n) is 5.39. The van der Waals surface area contributed by atoms with Gasteiger partial charge in [-0.25, -0.2) is 0 Å². The summed E-state index contributed by atoms with van der Waals surface area (Å²) in [6, 6.07) is 4.66. The van der Waals surface area contributed by atoms with Crippen molar-refractivity contribution in [2.24, 2.45) is 0 Å². The third kappa shape index (κ3) is 2.51. The van der Waals surface area contributed by atoms with Crippen LogP contribution in [0.1, 0.15) is 23.7 Å². The van der Waals surface area contributed by atoms with Crippen LogP contribution in [0.15, 0.2) is 18.2 Å². The Kier molecular flexibility index (Phi) is 3.34. The van der Waals surface area contributed by atoms with Crippen molar-refractivity contribution >= 4 is 40.6 Å². The minimum Gasteiger partial charge on any atom is -0.324 e. The summed E-state index contributed by atoms with van der Waals surface area (Å²) < 4.78 is 0. The van der Waals surface area contributed by atoms with Gasteiger partial charge >= 0.3 is 0 Å². The van der Waals surface area contributed by atoms with Crippen LogP contribution in [0.2, 0.25) is 0 Å². The molecule has 5 nitrogen and oxygen atoms in total. The normalized spacial score (nSPS) is 16.1. The van der Waals surface area contributed by atoms with Gasteiger partial charge in [-0.1, -0.05) is 0 Å². The molecule has 0 spiro atoms. The summed E-state index contributed by atoms with van der Waals surface area (Å²) in [4.78, 5) is 34.4. The molecule has 0 saturated carbocycles. The number of nitrogens with one attached hydrogen (secondary N) is 2. The Morgan fingerprint density at radius 1 is 1.22 bits per heavy atom. The van der Waals surface area contributed by atoms with Crippen molar-refractivity contribution in [3.05, 3.63) is 23.8 Å². The maximum atomic E-state index is 11.7. The number of anilines is 2. The van der Waals surface area contributed by atoms with Crippen LogP contribution in [-0.2, 0) is 9.59 Å². The van der Waals surface area contributed by atoms with Gasteiger partial charge in [0.1, 0.15) is 6.42 Å². The first kappa shape index (κ1) is 12.6. The molecule has 1 heterocycles. The molecule has 1 aliphatic rings. The zero-order valence-corrected chi connectivity index (χ0v) is 10.4. The SMILES string of the molecule is CC(Cl)C(=O)c1ccc2c(c1)NC(=O)CC(=O)N2. The molecule has 0 aliphatic carbocycles. The number of hydrogen-bond acceptors (Lipinski definition) is 3. The molecule has 1 aliphatic heterocycles. The standard InChI is InChI=1S/C12H11ClN2O3/c1-6(13)12(18)7-2-3-8-9(4-7)15-11(17)5-10(16)14-8/h2-4,6H,5H2,1H3,(H,14,16)(H,15,17). The van der Waals surface area contributed by atoms with Gasteiger partial charge < -0.3 is 10.6 Å². The number of ketones is 1. The zero-order valence-electron chi connectivity index (χ0n) is 9.62. The van der Waals surface area contributed by atoms with E-state index in [9.17, 15) is 14.4 Å². The van der Waals surface area contributed by atoms with Crippen LogP contribution in [-0.4, -0.2) is 23.0 Å². The molecular weight excluding hydrogens is 256 g/mol. The van der Waals surface area contributed by atoms with Gasteiger partial charge in [0.15, 0.2) is 5.78 Å². The number of amides is 2. The number of alkyl halides is 1. The fourth-order valence-corrected chi connectivity index (χ4v) is 1.80. The topological polar surface area (TPSA) is 75.3 Å². The van der Waals surface area contributed by atoms with E-state index in [1.165, 1.54) is 6.07 Å². The number of carbonyl (C=O) groups excluding carboxylic acids is 3. The van der Waals surface area contributed by atoms with Crippen molar-refractivity contribution in [3.8, 4) is 0 Å². The van der Waals surface area contributed by atoms with E-state index in [-0.39, 0.29) is 18.1 Å². The second-order valence-electron chi connectivity index (χ2n) is 4.01. The third-order valence-corrected chi connectivity index (χ3v) is 2.73. The highest BCUT2D eigenvalue weighted by molar-refractivity contribution is 6.33. The molecule has 0 fully saturated rings. The molecule has 0 saturated heterocycles. The second kappa shape index (κ2) is 4.78. The minimum atomic E-state index is -0.640. The summed E-state index contributed by atoms with van der Waals surface area (Å²) in [5.41, 5.74) is 1.28. The molecule has 0 aromatic heterocycles. The van der Waals surface area contributed by atoms with Crippen LogP contribution in [0.3, 0.4) is 0 Å². The predicted molar refractivity (Wildman–Crippen MR) is 68.0 cm³/mol. The van der Waals surface area contributed by atoms with Crippen LogP contribution in [0, 0.1) is 0 Å². The molecule has 18 heavy (non-hydrogen) atoms. The average molecular weight is 267 g/mol. The molecule has 1 aromatic rings. The van der Waals surface area contributed by atoms with Gasteiger partial charge in [0.05, 0.1) is 16.8 Å². The van der Waals surface area contributed by atoms with E-state index in [1.807, 2.05) is 0 Å². The van der Waals surface area contributed by atoms with E-state index in [1.54, 1.807) is 19.1 Å². The first-order chi connectivity index (χ1) is 8.47. The largest absolute Gasteiger partial charge is 0.324 e. The number of fused-ring (bicyclic) bond motifs is 1. The highest BCUT2D eigenvalue weighted by Crippen LogP contribution is 2.26. The van der Waals surface area contributed by atoms with E-state index in [0.29, 0.717) is 16.9 Å². The molecule has 2 rings (SSSR count). The lowest BCUT2D eigenvalue weighted by Crippen LogP contribution is -2.16. The molecule has 2 amide bonds. The Hall–Kier alpha value is -1.88. The number of halogens is 1. The van der Waals surface area contributed by atoms with Gasteiger partial charge in [-0.2, -0.15) is 0 Å². The van der Waals surface area contributed by atoms with Gasteiger partial charge in [0.2, 0.25) is 11.8 Å². The lowest BCUT2D eigenvalue weighted by atomic mass is 10.1. The molecular formula is C12H11ClN2O3. The number of rotatable bonds is 2. The van der Waals surface area contributed by atoms with Crippen LogP contribution >= 0.6 is 11.6 Å². The summed E-state index contributed by atoms with van der Waals surface area (Å²) in [5, 5.41) is 4.51. The Labute approximate surface area is 109 Å². The summed E-state index contributed by atoms with van der Waals surface area (Å²) in [5.74, 6) is -1.02. The first-order valence-corrected chi connectivity index (χ1v) is 5.83. The van der Waals surface area contributed by atoms with Gasteiger partial charge in [0.25, 0.3) is 0 Å². The molecule has 94 valence electrons. The third-order valence-electron chi connectivity index (χ3n) is 2.53. The maximum Gasteiger partial charge on any atom is 0.233 e. The van der Waals surface area contributed by atoms with Crippen LogP contribution in [0.5, 0.6) is 0 Å². The number of benzene rings is 1. The van der Waals surface area contributed by atoms with Crippen molar-refractivity contribution in [2.45, 2.75) is 18.7 Å². The Morgan fingerprint density at radius 2 is 1.83 bits per heavy atom. The highest BCUT2D eigenvalue weighted by Gasteiger charge is 2.20. The molecule has 0 radical (unpaired) electrons. The smallest absolute Gasteiger partial charge is 0.233 e. The lowest BCUT2D eigenvalue weighted by molar-refractivity contribution is -0.123. The monoisotopic (exact) mass is 266 g/mol. The van der Waals surface area contributed by atoms with Gasteiger partial charge in [-0.05, 0) is 25.1 Å². The summed E-state index contributed by atoms with van der Waals surface area (Å²) in [6.45, 7) is 1.58. The lowest BCUT2D eigenvalue weighted by Gasteiger charge is -2.09. The van der Waals surface area contributed by atoms with Crippen LogP contribution < -0.4 is 10.6 Å². The van der Waals surface area contributed by atoms with E-state index in [0.717, 1.165) is 0 Å². The van der Waals surface area contributed by atoms with Crippen LogP contribution in [0.4, 0.5) is 11.4 Å². The Morgan fingerprint density at radius 3 is 2.44 bits per heavy atom. The fraction of sp³-hybridized carbons (Fsp3) is 0.250.